The number of thiazole rings is 1. The van der Waals surface area contributed by atoms with Crippen LogP contribution in [0.2, 0.25) is 0 Å². The highest BCUT2D eigenvalue weighted by Gasteiger charge is 2.19. The molecular weight excluding hydrogens is 416 g/mol. The van der Waals surface area contributed by atoms with Crippen molar-refractivity contribution in [3.63, 3.8) is 0 Å². The molecule has 0 fully saturated rings. The Bertz CT molecular complexity index is 1110. The van der Waals surface area contributed by atoms with Crippen LogP contribution in [-0.4, -0.2) is 31.1 Å². The molecule has 0 saturated heterocycles. The molecule has 7 nitrogen and oxygen atoms in total. The lowest BCUT2D eigenvalue weighted by molar-refractivity contribution is -0.115. The number of benzene rings is 2. The molecule has 1 aromatic heterocycles. The molecule has 8 heteroatoms. The summed E-state index contributed by atoms with van der Waals surface area (Å²) < 4.78 is 15.8. The Hall–Kier alpha value is -3.39. The van der Waals surface area contributed by atoms with E-state index in [0.29, 0.717) is 27.9 Å². The summed E-state index contributed by atoms with van der Waals surface area (Å²) in [5, 5.41) is 2.29. The maximum absolute atomic E-state index is 12.4. The second-order valence-corrected chi connectivity index (χ2v) is 7.73. The molecule has 2 aromatic carbocycles. The number of amides is 1. The number of carbonyl (C=O) groups excluding carboxylic acids is 2. The van der Waals surface area contributed by atoms with E-state index in [4.69, 9.17) is 14.2 Å². The van der Waals surface area contributed by atoms with Crippen LogP contribution >= 0.6 is 11.3 Å². The summed E-state index contributed by atoms with van der Waals surface area (Å²) in [5.74, 6) is 0.316. The molecule has 3 aromatic rings. The van der Waals surface area contributed by atoms with Crippen molar-refractivity contribution in [3.8, 4) is 11.5 Å². The number of nitrogens with zero attached hydrogens (tertiary/aromatic N) is 2. The largest absolute Gasteiger partial charge is 0.493 e. The number of hydrogen-bond acceptors (Lipinski definition) is 7. The number of anilines is 2. The van der Waals surface area contributed by atoms with E-state index in [-0.39, 0.29) is 12.5 Å². The summed E-state index contributed by atoms with van der Waals surface area (Å²) >= 11 is 1.32. The number of ether oxygens (including phenoxy) is 3. The highest BCUT2D eigenvalue weighted by Crippen LogP contribution is 2.31. The predicted octanol–water partition coefficient (Wildman–Crippen LogP) is 4.82. The zero-order valence-corrected chi connectivity index (χ0v) is 18.9. The molecule has 3 rings (SSSR count). The Morgan fingerprint density at radius 2 is 1.74 bits per heavy atom. The minimum atomic E-state index is -0.506. The molecule has 162 valence electrons. The lowest BCUT2D eigenvalue weighted by Crippen LogP contribution is -2.22. The topological polar surface area (TPSA) is 78.0 Å². The maximum atomic E-state index is 12.4. The minimum absolute atomic E-state index is 0.0116. The number of esters is 1. The van der Waals surface area contributed by atoms with Crippen LogP contribution < -0.4 is 14.4 Å². The fraction of sp³-hybridized carbons (Fsp3) is 0.261. The van der Waals surface area contributed by atoms with Crippen molar-refractivity contribution in [1.82, 2.24) is 4.98 Å². The first-order valence-corrected chi connectivity index (χ1v) is 10.4. The first-order chi connectivity index (χ1) is 14.8. The molecule has 0 spiro atoms. The van der Waals surface area contributed by atoms with Gasteiger partial charge in [0.1, 0.15) is 6.61 Å². The summed E-state index contributed by atoms with van der Waals surface area (Å²) in [6.07, 6.45) is 0. The average molecular weight is 441 g/mol. The third-order valence-corrected chi connectivity index (χ3v) is 5.64. The quantitative estimate of drug-likeness (QED) is 0.490. The van der Waals surface area contributed by atoms with Crippen LogP contribution in [-0.2, 0) is 16.1 Å². The molecule has 0 aliphatic heterocycles. The van der Waals surface area contributed by atoms with Crippen molar-refractivity contribution in [2.45, 2.75) is 27.4 Å². The number of aryl methyl sites for hydroxylation is 2. The Morgan fingerprint density at radius 1 is 1.00 bits per heavy atom. The van der Waals surface area contributed by atoms with E-state index < -0.39 is 5.97 Å². The van der Waals surface area contributed by atoms with Gasteiger partial charge in [-0.1, -0.05) is 6.07 Å². The van der Waals surface area contributed by atoms with Crippen LogP contribution in [0.3, 0.4) is 0 Å². The van der Waals surface area contributed by atoms with Gasteiger partial charge in [0.2, 0.25) is 5.91 Å². The van der Waals surface area contributed by atoms with Crippen molar-refractivity contribution in [2.75, 3.05) is 19.1 Å². The van der Waals surface area contributed by atoms with E-state index >= 15 is 0 Å². The summed E-state index contributed by atoms with van der Waals surface area (Å²) in [5.41, 5.74) is 3.88. The van der Waals surface area contributed by atoms with Gasteiger partial charge in [0.25, 0.3) is 0 Å². The van der Waals surface area contributed by atoms with Gasteiger partial charge in [-0.15, -0.1) is 11.3 Å². The van der Waals surface area contributed by atoms with E-state index in [1.54, 1.807) is 28.5 Å². The third-order valence-electron chi connectivity index (χ3n) is 4.76. The fourth-order valence-electron chi connectivity index (χ4n) is 2.94. The first-order valence-electron chi connectivity index (χ1n) is 9.55. The molecule has 0 atom stereocenters. The van der Waals surface area contributed by atoms with Gasteiger partial charge in [-0.2, -0.15) is 0 Å². The van der Waals surface area contributed by atoms with Gasteiger partial charge in [0.15, 0.2) is 16.6 Å². The molecule has 0 radical (unpaired) electrons. The van der Waals surface area contributed by atoms with Gasteiger partial charge in [-0.25, -0.2) is 9.78 Å². The monoisotopic (exact) mass is 440 g/mol. The van der Waals surface area contributed by atoms with E-state index in [0.717, 1.165) is 16.8 Å². The van der Waals surface area contributed by atoms with E-state index in [1.165, 1.54) is 32.5 Å². The summed E-state index contributed by atoms with van der Waals surface area (Å²) in [6.45, 7) is 5.50. The van der Waals surface area contributed by atoms with E-state index in [1.807, 2.05) is 32.0 Å². The fourth-order valence-corrected chi connectivity index (χ4v) is 3.81. The smallest absolute Gasteiger partial charge is 0.338 e. The molecule has 0 aliphatic rings. The van der Waals surface area contributed by atoms with Crippen molar-refractivity contribution in [3.05, 3.63) is 64.2 Å². The number of aromatic nitrogens is 1. The lowest BCUT2D eigenvalue weighted by atomic mass is 10.1. The standard InChI is InChI=1S/C23H24N2O5S/c1-14-6-8-19(10-15(14)2)25(16(3)26)23-24-18(13-31-23)12-30-22(27)17-7-9-20(28-4)21(11-17)29-5/h6-11,13H,12H2,1-5H3. The van der Waals surface area contributed by atoms with Gasteiger partial charge in [0, 0.05) is 12.3 Å². The van der Waals surface area contributed by atoms with Crippen LogP contribution in [0.25, 0.3) is 0 Å². The van der Waals surface area contributed by atoms with Crippen molar-refractivity contribution in [1.29, 1.82) is 0 Å². The predicted molar refractivity (Wildman–Crippen MR) is 120 cm³/mol. The number of carbonyl (C=O) groups is 2. The van der Waals surface area contributed by atoms with Crippen LogP contribution in [0.5, 0.6) is 11.5 Å². The molecular formula is C23H24N2O5S. The maximum Gasteiger partial charge on any atom is 0.338 e. The SMILES string of the molecule is COc1ccc(C(=O)OCc2csc(N(C(C)=O)c3ccc(C)c(C)c3)n2)cc1OC. The Morgan fingerprint density at radius 3 is 2.39 bits per heavy atom. The number of methoxy groups -OCH3 is 2. The first kappa shape index (κ1) is 22.3. The normalized spacial score (nSPS) is 10.5. The zero-order chi connectivity index (χ0) is 22.5. The summed E-state index contributed by atoms with van der Waals surface area (Å²) in [4.78, 5) is 30.8. The molecule has 0 N–H and O–H groups in total. The molecule has 0 bridgehead atoms. The lowest BCUT2D eigenvalue weighted by Gasteiger charge is -2.19. The van der Waals surface area contributed by atoms with Crippen LogP contribution in [0.4, 0.5) is 10.8 Å². The second kappa shape index (κ2) is 9.61. The van der Waals surface area contributed by atoms with Gasteiger partial charge in [-0.3, -0.25) is 9.69 Å². The molecule has 0 saturated carbocycles. The summed E-state index contributed by atoms with van der Waals surface area (Å²) in [6, 6.07) is 10.6. The summed E-state index contributed by atoms with van der Waals surface area (Å²) in [7, 11) is 3.03. The Balaban J connectivity index is 1.73. The molecule has 1 amide bonds. The number of hydrogen-bond donors (Lipinski definition) is 0. The van der Waals surface area contributed by atoms with E-state index in [9.17, 15) is 9.59 Å². The molecule has 0 unspecified atom stereocenters. The Kier molecular flexibility index (Phi) is 6.91. The highest BCUT2D eigenvalue weighted by atomic mass is 32.1. The third kappa shape index (κ3) is 5.03. The zero-order valence-electron chi connectivity index (χ0n) is 18.1. The van der Waals surface area contributed by atoms with Crippen LogP contribution in [0, 0.1) is 13.8 Å². The molecule has 1 heterocycles. The Labute approximate surface area is 185 Å². The average Bonchev–Trinajstić information content (AvgIpc) is 3.22. The minimum Gasteiger partial charge on any atom is -0.493 e. The van der Waals surface area contributed by atoms with Gasteiger partial charge < -0.3 is 14.2 Å². The van der Waals surface area contributed by atoms with Crippen LogP contribution in [0.1, 0.15) is 34.1 Å². The molecule has 0 aliphatic carbocycles. The van der Waals surface area contributed by atoms with Gasteiger partial charge in [0.05, 0.1) is 31.2 Å². The second-order valence-electron chi connectivity index (χ2n) is 6.89. The highest BCUT2D eigenvalue weighted by molar-refractivity contribution is 7.14. The molecule has 31 heavy (non-hydrogen) atoms. The van der Waals surface area contributed by atoms with Crippen molar-refractivity contribution in [2.24, 2.45) is 0 Å². The van der Waals surface area contributed by atoms with Crippen molar-refractivity contribution >= 4 is 34.0 Å². The van der Waals surface area contributed by atoms with Crippen LogP contribution in [0.15, 0.2) is 41.8 Å². The number of rotatable bonds is 7. The van der Waals surface area contributed by atoms with Gasteiger partial charge >= 0.3 is 5.97 Å². The van der Waals surface area contributed by atoms with Crippen molar-refractivity contribution < 1.29 is 23.8 Å². The van der Waals surface area contributed by atoms with Gasteiger partial charge in [-0.05, 0) is 55.3 Å². The van der Waals surface area contributed by atoms with E-state index in [2.05, 4.69) is 4.98 Å².